The van der Waals surface area contributed by atoms with Crippen molar-refractivity contribution in [2.24, 2.45) is 0 Å². The van der Waals surface area contributed by atoms with Crippen molar-refractivity contribution in [1.82, 2.24) is 5.32 Å². The first-order chi connectivity index (χ1) is 11.5. The third kappa shape index (κ3) is 4.57. The van der Waals surface area contributed by atoms with Crippen molar-refractivity contribution in [3.05, 3.63) is 52.2 Å². The van der Waals surface area contributed by atoms with Gasteiger partial charge in [-0.3, -0.25) is 0 Å². The van der Waals surface area contributed by atoms with Crippen LogP contribution in [0.4, 0.5) is 10.5 Å². The average Bonchev–Trinajstić information content (AvgIpc) is 3.09. The van der Waals surface area contributed by atoms with E-state index in [1.165, 1.54) is 0 Å². The van der Waals surface area contributed by atoms with Crippen molar-refractivity contribution in [1.29, 1.82) is 5.26 Å². The Bertz CT molecular complexity index is 703. The molecule has 0 bridgehead atoms. The third-order valence-electron chi connectivity index (χ3n) is 3.75. The van der Waals surface area contributed by atoms with Gasteiger partial charge in [0, 0.05) is 17.2 Å². The number of thiophene rings is 1. The zero-order valence-electron chi connectivity index (χ0n) is 13.7. The van der Waals surface area contributed by atoms with E-state index in [2.05, 4.69) is 16.7 Å². The Morgan fingerprint density at radius 1 is 1.33 bits per heavy atom. The van der Waals surface area contributed by atoms with E-state index in [-0.39, 0.29) is 18.7 Å². The second-order valence-electron chi connectivity index (χ2n) is 5.99. The number of nitrogens with zero attached hydrogens (tertiary/aromatic N) is 1. The Kier molecular flexibility index (Phi) is 5.96. The molecular formula is C18H21N3O2S. The van der Waals surface area contributed by atoms with E-state index in [9.17, 15) is 9.90 Å². The summed E-state index contributed by atoms with van der Waals surface area (Å²) in [6.45, 7) is 3.70. The van der Waals surface area contributed by atoms with Gasteiger partial charge >= 0.3 is 6.03 Å². The van der Waals surface area contributed by atoms with Crippen molar-refractivity contribution < 1.29 is 9.90 Å². The molecule has 0 aliphatic carbocycles. The average molecular weight is 343 g/mol. The van der Waals surface area contributed by atoms with Crippen molar-refractivity contribution in [2.45, 2.75) is 31.7 Å². The van der Waals surface area contributed by atoms with E-state index in [1.54, 1.807) is 23.5 Å². The standard InChI is InChI=1S/C18H21N3O2S/c1-18(2,12-19)13-5-7-14(8-6-13)20-17(23)21-15(9-10-22)16-4-3-11-24-16/h3-8,11,15,22H,9-10H2,1-2H3,(H2,20,21,23). The summed E-state index contributed by atoms with van der Waals surface area (Å²) in [5.74, 6) is 0. The van der Waals surface area contributed by atoms with Gasteiger partial charge in [0.1, 0.15) is 0 Å². The number of aliphatic hydroxyl groups is 1. The van der Waals surface area contributed by atoms with Crippen molar-refractivity contribution >= 4 is 23.1 Å². The molecule has 0 saturated heterocycles. The monoisotopic (exact) mass is 343 g/mol. The summed E-state index contributed by atoms with van der Waals surface area (Å²) in [5, 5.41) is 25.9. The van der Waals surface area contributed by atoms with Crippen LogP contribution in [0.3, 0.4) is 0 Å². The highest BCUT2D eigenvalue weighted by atomic mass is 32.1. The number of carbonyl (C=O) groups excluding carboxylic acids is 1. The second-order valence-corrected chi connectivity index (χ2v) is 6.97. The van der Waals surface area contributed by atoms with Gasteiger partial charge in [0.2, 0.25) is 0 Å². The molecule has 1 aromatic heterocycles. The number of hydrogen-bond acceptors (Lipinski definition) is 4. The molecule has 0 aliphatic rings. The van der Waals surface area contributed by atoms with Crippen molar-refractivity contribution in [3.8, 4) is 6.07 Å². The number of nitrogens with one attached hydrogen (secondary N) is 2. The van der Waals surface area contributed by atoms with Crippen LogP contribution in [0.2, 0.25) is 0 Å². The molecule has 1 aromatic carbocycles. The minimum Gasteiger partial charge on any atom is -0.396 e. The minimum absolute atomic E-state index is 0.000780. The Morgan fingerprint density at radius 3 is 2.58 bits per heavy atom. The van der Waals surface area contributed by atoms with Crippen LogP contribution in [0.5, 0.6) is 0 Å². The summed E-state index contributed by atoms with van der Waals surface area (Å²) in [6.07, 6.45) is 0.462. The van der Waals surface area contributed by atoms with Gasteiger partial charge in [-0.15, -0.1) is 11.3 Å². The lowest BCUT2D eigenvalue weighted by Gasteiger charge is -2.18. The lowest BCUT2D eigenvalue weighted by molar-refractivity contribution is 0.239. The predicted molar refractivity (Wildman–Crippen MR) is 96.0 cm³/mol. The second kappa shape index (κ2) is 7.95. The van der Waals surface area contributed by atoms with Gasteiger partial charge in [0.25, 0.3) is 0 Å². The van der Waals surface area contributed by atoms with E-state index in [0.29, 0.717) is 12.1 Å². The summed E-state index contributed by atoms with van der Waals surface area (Å²) >= 11 is 1.54. The van der Waals surface area contributed by atoms with E-state index in [1.807, 2.05) is 43.5 Å². The molecule has 3 N–H and O–H groups in total. The molecule has 1 atom stereocenters. The van der Waals surface area contributed by atoms with Gasteiger partial charge in [0.15, 0.2) is 0 Å². The third-order valence-corrected chi connectivity index (χ3v) is 4.74. The number of anilines is 1. The van der Waals surface area contributed by atoms with E-state index in [0.717, 1.165) is 10.4 Å². The van der Waals surface area contributed by atoms with E-state index >= 15 is 0 Å². The van der Waals surface area contributed by atoms with Crippen LogP contribution in [-0.2, 0) is 5.41 Å². The van der Waals surface area contributed by atoms with Gasteiger partial charge in [0.05, 0.1) is 17.5 Å². The number of rotatable bonds is 6. The van der Waals surface area contributed by atoms with Crippen molar-refractivity contribution in [2.75, 3.05) is 11.9 Å². The number of aliphatic hydroxyl groups excluding tert-OH is 1. The van der Waals surface area contributed by atoms with E-state index < -0.39 is 5.41 Å². The zero-order valence-corrected chi connectivity index (χ0v) is 14.6. The predicted octanol–water partition coefficient (Wildman–Crippen LogP) is 3.79. The molecule has 1 unspecified atom stereocenters. The normalized spacial score (nSPS) is 12.2. The summed E-state index contributed by atoms with van der Waals surface area (Å²) in [7, 11) is 0. The Hall–Kier alpha value is -2.36. The highest BCUT2D eigenvalue weighted by molar-refractivity contribution is 7.10. The maximum absolute atomic E-state index is 12.2. The number of benzene rings is 1. The SMILES string of the molecule is CC(C)(C#N)c1ccc(NC(=O)NC(CCO)c2cccs2)cc1. The number of urea groups is 1. The van der Waals surface area contributed by atoms with Crippen LogP contribution in [0.15, 0.2) is 41.8 Å². The molecule has 0 aliphatic heterocycles. The topological polar surface area (TPSA) is 85.2 Å². The largest absolute Gasteiger partial charge is 0.396 e. The number of hydrogen-bond donors (Lipinski definition) is 3. The minimum atomic E-state index is -0.563. The molecule has 6 heteroatoms. The molecule has 0 saturated carbocycles. The van der Waals surface area contributed by atoms with Crippen LogP contribution in [0.1, 0.15) is 36.8 Å². The highest BCUT2D eigenvalue weighted by Crippen LogP contribution is 2.24. The molecule has 1 heterocycles. The van der Waals surface area contributed by atoms with E-state index in [4.69, 9.17) is 5.26 Å². The first kappa shape index (κ1) is 18.0. The first-order valence-electron chi connectivity index (χ1n) is 7.70. The fourth-order valence-electron chi connectivity index (χ4n) is 2.26. The smallest absolute Gasteiger partial charge is 0.319 e. The van der Waals surface area contributed by atoms with Crippen LogP contribution >= 0.6 is 11.3 Å². The Morgan fingerprint density at radius 2 is 2.04 bits per heavy atom. The maximum atomic E-state index is 12.2. The number of carbonyl (C=O) groups is 1. The zero-order chi connectivity index (χ0) is 17.6. The Labute approximate surface area is 145 Å². The highest BCUT2D eigenvalue weighted by Gasteiger charge is 2.19. The summed E-state index contributed by atoms with van der Waals surface area (Å²) in [5.41, 5.74) is 0.984. The molecule has 5 nitrogen and oxygen atoms in total. The lowest BCUT2D eigenvalue weighted by atomic mass is 9.86. The van der Waals surface area contributed by atoms with Crippen LogP contribution in [0.25, 0.3) is 0 Å². The van der Waals surface area contributed by atoms with Gasteiger partial charge < -0.3 is 15.7 Å². The molecule has 2 amide bonds. The molecule has 24 heavy (non-hydrogen) atoms. The first-order valence-corrected chi connectivity index (χ1v) is 8.58. The quantitative estimate of drug-likeness (QED) is 0.746. The van der Waals surface area contributed by atoms with Gasteiger partial charge in [-0.1, -0.05) is 18.2 Å². The molecular weight excluding hydrogens is 322 g/mol. The fourth-order valence-corrected chi connectivity index (χ4v) is 3.08. The van der Waals surface area contributed by atoms with Gasteiger partial charge in [-0.25, -0.2) is 4.79 Å². The van der Waals surface area contributed by atoms with Crippen LogP contribution in [-0.4, -0.2) is 17.7 Å². The molecule has 126 valence electrons. The summed E-state index contributed by atoms with van der Waals surface area (Å²) < 4.78 is 0. The number of nitriles is 1. The summed E-state index contributed by atoms with van der Waals surface area (Å²) in [4.78, 5) is 13.2. The summed E-state index contributed by atoms with van der Waals surface area (Å²) in [6, 6.07) is 12.8. The fraction of sp³-hybridized carbons (Fsp3) is 0.333. The van der Waals surface area contributed by atoms with Gasteiger partial charge in [-0.05, 0) is 49.4 Å². The number of amides is 2. The van der Waals surface area contributed by atoms with Gasteiger partial charge in [-0.2, -0.15) is 5.26 Å². The van der Waals surface area contributed by atoms with Crippen LogP contribution < -0.4 is 10.6 Å². The maximum Gasteiger partial charge on any atom is 0.319 e. The Balaban J connectivity index is 2.00. The molecule has 2 aromatic rings. The molecule has 0 spiro atoms. The molecule has 0 radical (unpaired) electrons. The lowest BCUT2D eigenvalue weighted by Crippen LogP contribution is -2.32. The van der Waals surface area contributed by atoms with Crippen LogP contribution in [0, 0.1) is 11.3 Å². The molecule has 2 rings (SSSR count). The molecule has 0 fully saturated rings. The van der Waals surface area contributed by atoms with Crippen molar-refractivity contribution in [3.63, 3.8) is 0 Å².